The molecule has 0 aliphatic rings. The molecule has 4 nitrogen and oxygen atoms in total. The zero-order valence-electron chi connectivity index (χ0n) is 11.7. The summed E-state index contributed by atoms with van der Waals surface area (Å²) in [6.07, 6.45) is 0.538. The number of halogens is 2. The Morgan fingerprint density at radius 2 is 1.95 bits per heavy atom. The van der Waals surface area contributed by atoms with E-state index in [2.05, 4.69) is 5.32 Å². The number of carbonyl (C=O) groups excluding carboxylic acids is 1. The van der Waals surface area contributed by atoms with Crippen LogP contribution in [0.4, 0.5) is 0 Å². The Kier molecular flexibility index (Phi) is 5.92. The van der Waals surface area contributed by atoms with Gasteiger partial charge in [0.25, 0.3) is 5.91 Å². The number of aromatic hydroxyl groups is 1. The second-order valence-electron chi connectivity index (χ2n) is 4.59. The molecule has 0 fully saturated rings. The number of rotatable bonds is 6. The summed E-state index contributed by atoms with van der Waals surface area (Å²) >= 11 is 11.8. The molecular weight excluding hydrogens is 325 g/mol. The van der Waals surface area contributed by atoms with Crippen molar-refractivity contribution < 1.29 is 14.6 Å². The first-order valence-corrected chi connectivity index (χ1v) is 7.43. The minimum Gasteiger partial charge on any atom is -0.508 e. The highest BCUT2D eigenvalue weighted by Crippen LogP contribution is 2.27. The number of para-hydroxylation sites is 1. The number of hydrogen-bond donors (Lipinski definition) is 2. The summed E-state index contributed by atoms with van der Waals surface area (Å²) in [7, 11) is 0. The summed E-state index contributed by atoms with van der Waals surface area (Å²) in [5, 5.41) is 13.2. The number of phenols is 1. The Morgan fingerprint density at radius 3 is 2.73 bits per heavy atom. The second-order valence-corrected chi connectivity index (χ2v) is 5.44. The van der Waals surface area contributed by atoms with Gasteiger partial charge in [0.05, 0.1) is 5.02 Å². The number of carbonyl (C=O) groups is 1. The van der Waals surface area contributed by atoms with Crippen LogP contribution in [0.1, 0.15) is 5.56 Å². The van der Waals surface area contributed by atoms with E-state index in [0.717, 1.165) is 5.56 Å². The maximum Gasteiger partial charge on any atom is 0.257 e. The lowest BCUT2D eigenvalue weighted by molar-refractivity contribution is -0.123. The van der Waals surface area contributed by atoms with Gasteiger partial charge in [0.2, 0.25) is 0 Å². The third-order valence-corrected chi connectivity index (χ3v) is 3.51. The van der Waals surface area contributed by atoms with Gasteiger partial charge in [-0.25, -0.2) is 0 Å². The molecule has 0 unspecified atom stereocenters. The van der Waals surface area contributed by atoms with E-state index < -0.39 is 0 Å². The quantitative estimate of drug-likeness (QED) is 0.847. The van der Waals surface area contributed by atoms with Crippen molar-refractivity contribution in [3.05, 3.63) is 58.1 Å². The lowest BCUT2D eigenvalue weighted by Crippen LogP contribution is -2.30. The minimum absolute atomic E-state index is 0.152. The van der Waals surface area contributed by atoms with E-state index in [1.165, 1.54) is 0 Å². The van der Waals surface area contributed by atoms with Crippen LogP contribution in [0.5, 0.6) is 11.5 Å². The fraction of sp³-hybridized carbons (Fsp3) is 0.188. The molecule has 1 amide bonds. The number of ether oxygens (including phenoxy) is 1. The van der Waals surface area contributed by atoms with Crippen molar-refractivity contribution in [3.8, 4) is 11.5 Å². The van der Waals surface area contributed by atoms with Crippen LogP contribution in [0.25, 0.3) is 0 Å². The molecule has 0 heterocycles. The van der Waals surface area contributed by atoms with Crippen LogP contribution < -0.4 is 10.1 Å². The average molecular weight is 340 g/mol. The molecule has 2 N–H and O–H groups in total. The normalized spacial score (nSPS) is 10.3. The summed E-state index contributed by atoms with van der Waals surface area (Å²) in [5.41, 5.74) is 0.779. The van der Waals surface area contributed by atoms with E-state index in [1.807, 2.05) is 12.1 Å². The minimum atomic E-state index is -0.272. The SMILES string of the molecule is O=C(COc1cc(Cl)ccc1Cl)NCCc1ccccc1O. The molecule has 6 heteroatoms. The van der Waals surface area contributed by atoms with Gasteiger partial charge < -0.3 is 15.2 Å². The summed E-state index contributed by atoms with van der Waals surface area (Å²) in [4.78, 5) is 11.7. The average Bonchev–Trinajstić information content (AvgIpc) is 2.50. The van der Waals surface area contributed by atoms with Crippen LogP contribution in [-0.4, -0.2) is 24.2 Å². The van der Waals surface area contributed by atoms with Crippen LogP contribution in [0.2, 0.25) is 10.0 Å². The summed E-state index contributed by atoms with van der Waals surface area (Å²) in [6, 6.07) is 11.8. The van der Waals surface area contributed by atoms with Crippen molar-refractivity contribution in [2.24, 2.45) is 0 Å². The van der Waals surface area contributed by atoms with Crippen LogP contribution >= 0.6 is 23.2 Å². The lowest BCUT2D eigenvalue weighted by atomic mass is 10.1. The molecule has 0 saturated heterocycles. The molecule has 0 atom stereocenters. The molecule has 0 saturated carbocycles. The summed E-state index contributed by atoms with van der Waals surface area (Å²) in [6.45, 7) is 0.254. The number of hydrogen-bond acceptors (Lipinski definition) is 3. The van der Waals surface area contributed by atoms with E-state index in [-0.39, 0.29) is 18.3 Å². The number of amides is 1. The third-order valence-electron chi connectivity index (χ3n) is 2.96. The Bertz CT molecular complexity index is 662. The molecule has 2 aromatic carbocycles. The molecular formula is C16H15Cl2NO3. The van der Waals surface area contributed by atoms with Crippen molar-refractivity contribution in [1.82, 2.24) is 5.32 Å². The third kappa shape index (κ3) is 4.83. The molecule has 116 valence electrons. The summed E-state index contributed by atoms with van der Waals surface area (Å²) < 4.78 is 5.33. The highest BCUT2D eigenvalue weighted by molar-refractivity contribution is 6.34. The number of phenolic OH excluding ortho intramolecular Hbond substituents is 1. The van der Waals surface area contributed by atoms with Crippen LogP contribution in [0.15, 0.2) is 42.5 Å². The van der Waals surface area contributed by atoms with E-state index in [9.17, 15) is 9.90 Å². The van der Waals surface area contributed by atoms with Crippen LogP contribution in [-0.2, 0) is 11.2 Å². The zero-order valence-corrected chi connectivity index (χ0v) is 13.2. The van der Waals surface area contributed by atoms with Gasteiger partial charge in [-0.05, 0) is 30.2 Å². The smallest absolute Gasteiger partial charge is 0.257 e. The van der Waals surface area contributed by atoms with Crippen molar-refractivity contribution >= 4 is 29.1 Å². The molecule has 0 aromatic heterocycles. The Hall–Kier alpha value is -1.91. The van der Waals surface area contributed by atoms with Gasteiger partial charge >= 0.3 is 0 Å². The molecule has 2 aromatic rings. The van der Waals surface area contributed by atoms with Crippen LogP contribution in [0.3, 0.4) is 0 Å². The fourth-order valence-corrected chi connectivity index (χ4v) is 2.18. The maximum absolute atomic E-state index is 11.7. The first-order chi connectivity index (χ1) is 10.6. The van der Waals surface area contributed by atoms with E-state index in [0.29, 0.717) is 28.8 Å². The molecule has 0 aliphatic carbocycles. The first-order valence-electron chi connectivity index (χ1n) is 6.67. The van der Waals surface area contributed by atoms with Gasteiger partial charge in [0, 0.05) is 17.6 Å². The number of nitrogens with one attached hydrogen (secondary N) is 1. The monoisotopic (exact) mass is 339 g/mol. The fourth-order valence-electron chi connectivity index (χ4n) is 1.84. The predicted molar refractivity (Wildman–Crippen MR) is 86.8 cm³/mol. The highest BCUT2D eigenvalue weighted by Gasteiger charge is 2.07. The predicted octanol–water partition coefficient (Wildman–Crippen LogP) is 3.44. The molecule has 0 radical (unpaired) electrons. The van der Waals surface area contributed by atoms with Crippen LogP contribution in [0, 0.1) is 0 Å². The Balaban J connectivity index is 1.76. The van der Waals surface area contributed by atoms with Crippen molar-refractivity contribution in [1.29, 1.82) is 0 Å². The second kappa shape index (κ2) is 7.92. The zero-order chi connectivity index (χ0) is 15.9. The van der Waals surface area contributed by atoms with Gasteiger partial charge in [-0.1, -0.05) is 41.4 Å². The molecule has 0 spiro atoms. The number of benzene rings is 2. The van der Waals surface area contributed by atoms with E-state index in [1.54, 1.807) is 30.3 Å². The van der Waals surface area contributed by atoms with Gasteiger partial charge in [-0.15, -0.1) is 0 Å². The molecule has 22 heavy (non-hydrogen) atoms. The van der Waals surface area contributed by atoms with Crippen molar-refractivity contribution in [2.75, 3.05) is 13.2 Å². The summed E-state index contributed by atoms with van der Waals surface area (Å²) in [5.74, 6) is 0.315. The molecule has 0 aliphatic heterocycles. The topological polar surface area (TPSA) is 58.6 Å². The lowest BCUT2D eigenvalue weighted by Gasteiger charge is -2.09. The molecule has 2 rings (SSSR count). The Morgan fingerprint density at radius 1 is 1.18 bits per heavy atom. The Labute approximate surface area is 138 Å². The molecule has 0 bridgehead atoms. The van der Waals surface area contributed by atoms with E-state index >= 15 is 0 Å². The van der Waals surface area contributed by atoms with Crippen molar-refractivity contribution in [3.63, 3.8) is 0 Å². The van der Waals surface area contributed by atoms with Gasteiger partial charge in [-0.3, -0.25) is 4.79 Å². The maximum atomic E-state index is 11.7. The van der Waals surface area contributed by atoms with Gasteiger partial charge in [0.1, 0.15) is 11.5 Å². The standard InChI is InChI=1S/C16H15Cl2NO3/c17-12-5-6-13(18)15(9-12)22-10-16(21)19-8-7-11-3-1-2-4-14(11)20/h1-6,9,20H,7-8,10H2,(H,19,21). The van der Waals surface area contributed by atoms with E-state index in [4.69, 9.17) is 27.9 Å². The van der Waals surface area contributed by atoms with Gasteiger partial charge in [-0.2, -0.15) is 0 Å². The largest absolute Gasteiger partial charge is 0.508 e. The van der Waals surface area contributed by atoms with Gasteiger partial charge in [0.15, 0.2) is 6.61 Å². The van der Waals surface area contributed by atoms with Crippen molar-refractivity contribution in [2.45, 2.75) is 6.42 Å². The first kappa shape index (κ1) is 16.5. The highest BCUT2D eigenvalue weighted by atomic mass is 35.5.